The lowest BCUT2D eigenvalue weighted by molar-refractivity contribution is 0.419. The van der Waals surface area contributed by atoms with E-state index in [0.717, 1.165) is 23.0 Å². The van der Waals surface area contributed by atoms with Gasteiger partial charge in [-0.2, -0.15) is 0 Å². The maximum atomic E-state index is 6.35. The number of benzene rings is 1. The second-order valence-corrected chi connectivity index (χ2v) is 9.01. The van der Waals surface area contributed by atoms with E-state index < -0.39 is 0 Å². The third kappa shape index (κ3) is 2.86. The van der Waals surface area contributed by atoms with Crippen molar-refractivity contribution in [2.45, 2.75) is 0 Å². The number of hydrogen-bond acceptors (Lipinski definition) is 4. The summed E-state index contributed by atoms with van der Waals surface area (Å²) in [5.74, 6) is 1.21. The van der Waals surface area contributed by atoms with Crippen molar-refractivity contribution >= 4 is 81.6 Å². The van der Waals surface area contributed by atoms with Crippen LogP contribution in [0.4, 0.5) is 0 Å². The Morgan fingerprint density at radius 1 is 1.19 bits per heavy atom. The van der Waals surface area contributed by atoms with E-state index in [9.17, 15) is 0 Å². The molecular formula is C13H6Br3ClN2OS. The van der Waals surface area contributed by atoms with Crippen LogP contribution in [0.3, 0.4) is 0 Å². The summed E-state index contributed by atoms with van der Waals surface area (Å²) >= 11 is 18.4. The van der Waals surface area contributed by atoms with Crippen LogP contribution in [0.25, 0.3) is 22.3 Å². The van der Waals surface area contributed by atoms with Gasteiger partial charge in [-0.15, -0.1) is 11.3 Å². The Bertz CT molecular complexity index is 853. The minimum atomic E-state index is 0.384. The summed E-state index contributed by atoms with van der Waals surface area (Å²) in [6, 6.07) is 5.67. The van der Waals surface area contributed by atoms with Gasteiger partial charge in [-0.3, -0.25) is 0 Å². The first kappa shape index (κ1) is 15.7. The van der Waals surface area contributed by atoms with E-state index in [4.69, 9.17) is 16.3 Å². The van der Waals surface area contributed by atoms with Crippen molar-refractivity contribution < 1.29 is 4.74 Å². The maximum Gasteiger partial charge on any atom is 0.163 e. The second kappa shape index (κ2) is 6.12. The highest BCUT2D eigenvalue weighted by atomic mass is 79.9. The molecule has 0 bridgehead atoms. The van der Waals surface area contributed by atoms with Crippen molar-refractivity contribution in [2.24, 2.45) is 0 Å². The number of fused-ring (bicyclic) bond motifs is 1. The van der Waals surface area contributed by atoms with E-state index in [1.165, 1.54) is 0 Å². The SMILES string of the molecule is COc1ccc(Br)c2c(Cl)nc(-c3cc(Br)sc3Br)nc12. The average molecular weight is 513 g/mol. The predicted molar refractivity (Wildman–Crippen MR) is 97.5 cm³/mol. The molecule has 3 aromatic rings. The summed E-state index contributed by atoms with van der Waals surface area (Å²) in [6.45, 7) is 0. The first-order chi connectivity index (χ1) is 10.0. The first-order valence-corrected chi connectivity index (χ1v) is 9.23. The number of aromatic nitrogens is 2. The summed E-state index contributed by atoms with van der Waals surface area (Å²) in [7, 11) is 1.61. The molecule has 0 aliphatic rings. The largest absolute Gasteiger partial charge is 0.494 e. The molecule has 3 rings (SSSR count). The number of thiophene rings is 1. The van der Waals surface area contributed by atoms with Crippen LogP contribution < -0.4 is 4.74 Å². The van der Waals surface area contributed by atoms with E-state index in [0.29, 0.717) is 22.2 Å². The lowest BCUT2D eigenvalue weighted by Crippen LogP contribution is -1.95. The number of ether oxygens (including phenoxy) is 1. The van der Waals surface area contributed by atoms with Gasteiger partial charge in [0, 0.05) is 10.0 Å². The molecule has 108 valence electrons. The van der Waals surface area contributed by atoms with Crippen molar-refractivity contribution in [1.82, 2.24) is 9.97 Å². The number of methoxy groups -OCH3 is 1. The Balaban J connectivity index is 2.35. The average Bonchev–Trinajstić information content (AvgIpc) is 2.77. The summed E-state index contributed by atoms with van der Waals surface area (Å²) < 4.78 is 8.14. The minimum Gasteiger partial charge on any atom is -0.494 e. The maximum absolute atomic E-state index is 6.35. The van der Waals surface area contributed by atoms with Crippen LogP contribution in [0.2, 0.25) is 5.15 Å². The zero-order chi connectivity index (χ0) is 15.1. The fourth-order valence-corrected chi connectivity index (χ4v) is 5.59. The van der Waals surface area contributed by atoms with Crippen LogP contribution >= 0.6 is 70.7 Å². The van der Waals surface area contributed by atoms with Gasteiger partial charge in [0.05, 0.1) is 20.1 Å². The van der Waals surface area contributed by atoms with Gasteiger partial charge < -0.3 is 4.74 Å². The molecule has 0 aliphatic heterocycles. The van der Waals surface area contributed by atoms with Crippen LogP contribution in [0, 0.1) is 0 Å². The fraction of sp³-hybridized carbons (Fsp3) is 0.0769. The van der Waals surface area contributed by atoms with Crippen LogP contribution in [0.15, 0.2) is 30.2 Å². The Morgan fingerprint density at radius 3 is 2.57 bits per heavy atom. The lowest BCUT2D eigenvalue weighted by atomic mass is 10.2. The molecule has 0 radical (unpaired) electrons. The van der Waals surface area contributed by atoms with Gasteiger partial charge in [-0.25, -0.2) is 9.97 Å². The Labute approximate surface area is 155 Å². The molecule has 0 saturated carbocycles. The predicted octanol–water partition coefficient (Wildman–Crippen LogP) is 6.31. The van der Waals surface area contributed by atoms with Gasteiger partial charge in [-0.1, -0.05) is 11.6 Å². The minimum absolute atomic E-state index is 0.384. The van der Waals surface area contributed by atoms with Crippen molar-refractivity contribution in [3.05, 3.63) is 35.4 Å². The molecule has 0 spiro atoms. The van der Waals surface area contributed by atoms with Crippen LogP contribution in [0.5, 0.6) is 5.75 Å². The van der Waals surface area contributed by atoms with Crippen molar-refractivity contribution in [1.29, 1.82) is 0 Å². The molecule has 0 amide bonds. The van der Waals surface area contributed by atoms with Crippen LogP contribution in [-0.4, -0.2) is 17.1 Å². The number of halogens is 4. The molecule has 0 aliphatic carbocycles. The molecule has 8 heteroatoms. The number of rotatable bonds is 2. The van der Waals surface area contributed by atoms with Gasteiger partial charge >= 0.3 is 0 Å². The fourth-order valence-electron chi connectivity index (χ4n) is 1.91. The highest BCUT2D eigenvalue weighted by Crippen LogP contribution is 2.40. The molecule has 0 fully saturated rings. The van der Waals surface area contributed by atoms with Crippen LogP contribution in [-0.2, 0) is 0 Å². The molecule has 21 heavy (non-hydrogen) atoms. The molecule has 0 atom stereocenters. The monoisotopic (exact) mass is 510 g/mol. The molecule has 2 heterocycles. The van der Waals surface area contributed by atoms with E-state index in [-0.39, 0.29) is 0 Å². The quantitative estimate of drug-likeness (QED) is 0.377. The molecule has 0 unspecified atom stereocenters. The second-order valence-electron chi connectivity index (χ2n) is 4.05. The lowest BCUT2D eigenvalue weighted by Gasteiger charge is -2.09. The molecule has 0 N–H and O–H groups in total. The Morgan fingerprint density at radius 2 is 1.95 bits per heavy atom. The van der Waals surface area contributed by atoms with Gasteiger partial charge in [0.2, 0.25) is 0 Å². The number of hydrogen-bond donors (Lipinski definition) is 0. The van der Waals surface area contributed by atoms with E-state index >= 15 is 0 Å². The van der Waals surface area contributed by atoms with Gasteiger partial charge in [0.1, 0.15) is 16.4 Å². The molecule has 3 nitrogen and oxygen atoms in total. The first-order valence-electron chi connectivity index (χ1n) is 5.66. The Kier molecular flexibility index (Phi) is 4.57. The summed E-state index contributed by atoms with van der Waals surface area (Å²) in [6.07, 6.45) is 0. The summed E-state index contributed by atoms with van der Waals surface area (Å²) in [5.41, 5.74) is 1.56. The van der Waals surface area contributed by atoms with Gasteiger partial charge in [0.15, 0.2) is 5.82 Å². The van der Waals surface area contributed by atoms with Gasteiger partial charge in [0.25, 0.3) is 0 Å². The van der Waals surface area contributed by atoms with Crippen molar-refractivity contribution in [3.8, 4) is 17.1 Å². The normalized spacial score (nSPS) is 11.1. The standard InChI is InChI=1S/C13H6Br3ClN2OS/c1-20-7-3-2-6(14)9-10(7)18-13(19-12(9)17)5-4-8(15)21-11(5)16/h2-4H,1H3. The Hall–Kier alpha value is -0.210. The highest BCUT2D eigenvalue weighted by Gasteiger charge is 2.17. The molecular weight excluding hydrogens is 507 g/mol. The van der Waals surface area contributed by atoms with Crippen LogP contribution in [0.1, 0.15) is 0 Å². The smallest absolute Gasteiger partial charge is 0.163 e. The van der Waals surface area contributed by atoms with Crippen molar-refractivity contribution in [3.63, 3.8) is 0 Å². The molecule has 1 aromatic carbocycles. The number of nitrogens with zero attached hydrogens (tertiary/aromatic N) is 2. The zero-order valence-corrected chi connectivity index (χ0v) is 16.8. The topological polar surface area (TPSA) is 35.0 Å². The highest BCUT2D eigenvalue weighted by molar-refractivity contribution is 9.12. The summed E-state index contributed by atoms with van der Waals surface area (Å²) in [4.78, 5) is 9.02. The van der Waals surface area contributed by atoms with Crippen molar-refractivity contribution in [2.75, 3.05) is 7.11 Å². The summed E-state index contributed by atoms with van der Waals surface area (Å²) in [5, 5.41) is 1.13. The zero-order valence-electron chi connectivity index (χ0n) is 10.5. The third-order valence-electron chi connectivity index (χ3n) is 2.84. The van der Waals surface area contributed by atoms with E-state index in [2.05, 4.69) is 57.8 Å². The molecule has 0 saturated heterocycles. The third-order valence-corrected chi connectivity index (χ3v) is 6.11. The van der Waals surface area contributed by atoms with E-state index in [1.807, 2.05) is 18.2 Å². The van der Waals surface area contributed by atoms with Gasteiger partial charge in [-0.05, 0) is 66.0 Å². The molecule has 2 aromatic heterocycles. The van der Waals surface area contributed by atoms with E-state index in [1.54, 1.807) is 18.4 Å².